The van der Waals surface area contributed by atoms with Gasteiger partial charge in [0, 0.05) is 22.6 Å². The summed E-state index contributed by atoms with van der Waals surface area (Å²) in [4.78, 5) is 24.9. The van der Waals surface area contributed by atoms with Gasteiger partial charge < -0.3 is 22.1 Å². The van der Waals surface area contributed by atoms with E-state index in [0.717, 1.165) is 24.3 Å². The van der Waals surface area contributed by atoms with E-state index in [-0.39, 0.29) is 11.8 Å². The molecule has 0 aliphatic carbocycles. The fourth-order valence-corrected chi connectivity index (χ4v) is 3.30. The topological polar surface area (TPSA) is 110 Å². The van der Waals surface area contributed by atoms with Crippen molar-refractivity contribution in [3.8, 4) is 0 Å². The standard InChI is InChI=1S/C23H15F9N4O2/c24-21(25,26)14-8-11(33)2-4-13(14)20(38)36-18-6-1-10(7-16(18)23(30,31)32)19(37)35-12-3-5-17(34)15(9-12)22(27,28)29/h1-9H,33-34H2,(H,35,37)(H,36,38). The molecule has 0 heterocycles. The molecule has 0 bridgehead atoms. The minimum atomic E-state index is -5.20. The van der Waals surface area contributed by atoms with Gasteiger partial charge in [0.1, 0.15) is 0 Å². The summed E-state index contributed by atoms with van der Waals surface area (Å²) in [6.07, 6.45) is -15.1. The second-order valence-electron chi connectivity index (χ2n) is 7.77. The Morgan fingerprint density at radius 2 is 1.21 bits per heavy atom. The molecule has 0 saturated carbocycles. The number of halogens is 9. The van der Waals surface area contributed by atoms with Crippen LogP contribution in [0.25, 0.3) is 0 Å². The molecule has 202 valence electrons. The fourth-order valence-electron chi connectivity index (χ4n) is 3.30. The molecule has 3 aromatic rings. The van der Waals surface area contributed by atoms with Crippen molar-refractivity contribution < 1.29 is 49.1 Å². The number of nitrogen functional groups attached to an aromatic ring is 2. The zero-order chi connectivity index (χ0) is 28.6. The number of hydrogen-bond acceptors (Lipinski definition) is 4. The summed E-state index contributed by atoms with van der Waals surface area (Å²) < 4.78 is 120. The molecule has 2 amide bonds. The SMILES string of the molecule is Nc1ccc(C(=O)Nc2ccc(C(=O)Nc3ccc(N)c(C(F)(F)F)c3)cc2C(F)(F)F)c(C(F)(F)F)c1. The molecular formula is C23H15F9N4O2. The molecule has 3 aromatic carbocycles. The van der Waals surface area contributed by atoms with Crippen molar-refractivity contribution in [1.82, 2.24) is 0 Å². The van der Waals surface area contributed by atoms with E-state index in [4.69, 9.17) is 11.5 Å². The maximum atomic E-state index is 13.7. The van der Waals surface area contributed by atoms with E-state index in [1.807, 2.05) is 5.32 Å². The lowest BCUT2D eigenvalue weighted by Gasteiger charge is -2.17. The molecule has 0 saturated heterocycles. The zero-order valence-electron chi connectivity index (χ0n) is 18.6. The van der Waals surface area contributed by atoms with E-state index in [0.29, 0.717) is 24.3 Å². The van der Waals surface area contributed by atoms with Crippen molar-refractivity contribution in [1.29, 1.82) is 0 Å². The second kappa shape index (κ2) is 9.79. The molecule has 38 heavy (non-hydrogen) atoms. The average molecular weight is 550 g/mol. The number of amides is 2. The van der Waals surface area contributed by atoms with Crippen LogP contribution in [0.2, 0.25) is 0 Å². The van der Waals surface area contributed by atoms with Crippen LogP contribution >= 0.6 is 0 Å². The summed E-state index contributed by atoms with van der Waals surface area (Å²) in [6.45, 7) is 0. The monoisotopic (exact) mass is 550 g/mol. The lowest BCUT2D eigenvalue weighted by atomic mass is 10.0. The number of anilines is 4. The second-order valence-corrected chi connectivity index (χ2v) is 7.77. The summed E-state index contributed by atoms with van der Waals surface area (Å²) in [7, 11) is 0. The minimum Gasteiger partial charge on any atom is -0.399 e. The number of carbonyl (C=O) groups excluding carboxylic acids is 2. The number of rotatable bonds is 4. The highest BCUT2D eigenvalue weighted by Gasteiger charge is 2.38. The smallest absolute Gasteiger partial charge is 0.399 e. The van der Waals surface area contributed by atoms with Crippen LogP contribution in [0.1, 0.15) is 37.4 Å². The predicted octanol–water partition coefficient (Wildman–Crippen LogP) is 6.41. The Bertz CT molecular complexity index is 1400. The summed E-state index contributed by atoms with van der Waals surface area (Å²) in [5, 5.41) is 3.75. The van der Waals surface area contributed by atoms with E-state index >= 15 is 0 Å². The van der Waals surface area contributed by atoms with E-state index in [9.17, 15) is 49.1 Å². The Morgan fingerprint density at radius 3 is 1.79 bits per heavy atom. The summed E-state index contributed by atoms with van der Waals surface area (Å²) in [5.41, 5.74) is 2.13. The molecule has 0 atom stereocenters. The maximum Gasteiger partial charge on any atom is 0.418 e. The number of carbonyl (C=O) groups is 2. The largest absolute Gasteiger partial charge is 0.418 e. The normalized spacial score (nSPS) is 12.2. The fraction of sp³-hybridized carbons (Fsp3) is 0.130. The third-order valence-corrected chi connectivity index (χ3v) is 5.05. The van der Waals surface area contributed by atoms with Crippen LogP contribution in [0.5, 0.6) is 0 Å². The Labute approximate surface area is 207 Å². The number of benzene rings is 3. The highest BCUT2D eigenvalue weighted by molar-refractivity contribution is 6.07. The first kappa shape index (κ1) is 28.1. The first-order chi connectivity index (χ1) is 17.4. The van der Waals surface area contributed by atoms with E-state index in [1.54, 1.807) is 5.32 Å². The van der Waals surface area contributed by atoms with E-state index < -0.39 is 75.2 Å². The van der Waals surface area contributed by atoms with Gasteiger partial charge in [-0.1, -0.05) is 0 Å². The molecule has 6 nitrogen and oxygen atoms in total. The summed E-state index contributed by atoms with van der Waals surface area (Å²) in [5.74, 6) is -2.79. The van der Waals surface area contributed by atoms with Crippen LogP contribution in [0, 0.1) is 0 Å². The van der Waals surface area contributed by atoms with Gasteiger partial charge in [-0.15, -0.1) is 0 Å². The molecule has 6 N–H and O–H groups in total. The summed E-state index contributed by atoms with van der Waals surface area (Å²) >= 11 is 0. The number of alkyl halides is 9. The Morgan fingerprint density at radius 1 is 0.605 bits per heavy atom. The zero-order valence-corrected chi connectivity index (χ0v) is 18.6. The van der Waals surface area contributed by atoms with Crippen LogP contribution in [0.3, 0.4) is 0 Å². The summed E-state index contributed by atoms with van der Waals surface area (Å²) in [6, 6.07) is 6.07. The van der Waals surface area contributed by atoms with Crippen molar-refractivity contribution >= 4 is 34.6 Å². The van der Waals surface area contributed by atoms with Gasteiger partial charge in [-0.3, -0.25) is 9.59 Å². The average Bonchev–Trinajstić information content (AvgIpc) is 2.78. The van der Waals surface area contributed by atoms with Crippen molar-refractivity contribution in [2.24, 2.45) is 0 Å². The number of hydrogen-bond donors (Lipinski definition) is 4. The lowest BCUT2D eigenvalue weighted by Crippen LogP contribution is -2.22. The van der Waals surface area contributed by atoms with Gasteiger partial charge >= 0.3 is 18.5 Å². The molecule has 0 aliphatic rings. The number of nitrogens with one attached hydrogen (secondary N) is 2. The van der Waals surface area contributed by atoms with Crippen LogP contribution in [-0.4, -0.2) is 11.8 Å². The first-order valence-corrected chi connectivity index (χ1v) is 10.2. The van der Waals surface area contributed by atoms with Crippen LogP contribution in [0.15, 0.2) is 54.6 Å². The molecule has 0 spiro atoms. The molecule has 15 heteroatoms. The van der Waals surface area contributed by atoms with Gasteiger partial charge in [0.25, 0.3) is 11.8 Å². The van der Waals surface area contributed by atoms with Gasteiger partial charge in [-0.2, -0.15) is 39.5 Å². The van der Waals surface area contributed by atoms with E-state index in [1.165, 1.54) is 0 Å². The lowest BCUT2D eigenvalue weighted by molar-refractivity contribution is -0.138. The van der Waals surface area contributed by atoms with Crippen LogP contribution in [-0.2, 0) is 18.5 Å². The molecule has 0 fully saturated rings. The molecule has 0 aliphatic heterocycles. The Balaban J connectivity index is 1.94. The Hall–Kier alpha value is -4.43. The van der Waals surface area contributed by atoms with Crippen molar-refractivity contribution in [3.63, 3.8) is 0 Å². The highest BCUT2D eigenvalue weighted by atomic mass is 19.4. The van der Waals surface area contributed by atoms with Gasteiger partial charge in [0.05, 0.1) is 27.9 Å². The molecule has 0 radical (unpaired) electrons. The highest BCUT2D eigenvalue weighted by Crippen LogP contribution is 2.38. The third kappa shape index (κ3) is 6.27. The van der Waals surface area contributed by atoms with Crippen molar-refractivity contribution in [2.45, 2.75) is 18.5 Å². The number of nitrogens with two attached hydrogens (primary N) is 2. The molecular weight excluding hydrogens is 535 g/mol. The van der Waals surface area contributed by atoms with Crippen molar-refractivity contribution in [3.05, 3.63) is 82.4 Å². The maximum absolute atomic E-state index is 13.7. The third-order valence-electron chi connectivity index (χ3n) is 5.05. The quantitative estimate of drug-likeness (QED) is 0.222. The molecule has 0 aromatic heterocycles. The molecule has 0 unspecified atom stereocenters. The van der Waals surface area contributed by atoms with Crippen LogP contribution in [0.4, 0.5) is 62.3 Å². The minimum absolute atomic E-state index is 0.278. The van der Waals surface area contributed by atoms with Gasteiger partial charge in [0.2, 0.25) is 0 Å². The van der Waals surface area contributed by atoms with Crippen LogP contribution < -0.4 is 22.1 Å². The Kier molecular flexibility index (Phi) is 7.25. The van der Waals surface area contributed by atoms with Gasteiger partial charge in [-0.25, -0.2) is 0 Å². The van der Waals surface area contributed by atoms with Crippen molar-refractivity contribution in [2.75, 3.05) is 22.1 Å². The van der Waals surface area contributed by atoms with Gasteiger partial charge in [0.15, 0.2) is 0 Å². The molecule has 3 rings (SSSR count). The predicted molar refractivity (Wildman–Crippen MR) is 119 cm³/mol. The van der Waals surface area contributed by atoms with Gasteiger partial charge in [-0.05, 0) is 54.6 Å². The first-order valence-electron chi connectivity index (χ1n) is 10.2. The van der Waals surface area contributed by atoms with E-state index in [2.05, 4.69) is 0 Å².